The van der Waals surface area contributed by atoms with Crippen LogP contribution in [0.15, 0.2) is 122 Å². The van der Waals surface area contributed by atoms with E-state index in [4.69, 9.17) is 5.10 Å². The van der Waals surface area contributed by atoms with Gasteiger partial charge >= 0.3 is 0 Å². The second kappa shape index (κ2) is 11.1. The van der Waals surface area contributed by atoms with Crippen molar-refractivity contribution in [2.45, 2.75) is 12.5 Å². The number of anilines is 1. The number of carbonyl (C=O) groups excluding carboxylic acids is 1. The molecule has 36 heavy (non-hydrogen) atoms. The molecule has 6 heteroatoms. The van der Waals surface area contributed by atoms with E-state index < -0.39 is 0 Å². The molecule has 0 spiro atoms. The van der Waals surface area contributed by atoms with E-state index in [2.05, 4.69) is 101 Å². The summed E-state index contributed by atoms with van der Waals surface area (Å²) in [5, 5.41) is 7.13. The van der Waals surface area contributed by atoms with Crippen LogP contribution in [0.3, 0.4) is 0 Å². The van der Waals surface area contributed by atoms with Crippen molar-refractivity contribution >= 4 is 71.0 Å². The molecule has 1 unspecified atom stereocenters. The Hall–Kier alpha value is -2.80. The number of allylic oxidation sites excluding steroid dienone is 1. The maximum atomic E-state index is 12.5. The van der Waals surface area contributed by atoms with Crippen LogP contribution in [-0.4, -0.2) is 11.5 Å². The molecule has 5 rings (SSSR count). The predicted octanol–water partition coefficient (Wildman–Crippen LogP) is 9.23. The first-order valence-electron chi connectivity index (χ1n) is 11.4. The SMILES string of the molecule is O=C(/C=C\c1ccc(N2N=C(c3ccc(Br)cc3)CC2c2ccc(Br)cc2)cc1)c1ccc(Br)cc1. The molecule has 0 aliphatic carbocycles. The minimum absolute atomic E-state index is 0.0230. The Morgan fingerprint density at radius 1 is 0.750 bits per heavy atom. The van der Waals surface area contributed by atoms with Crippen molar-refractivity contribution in [3.8, 4) is 0 Å². The summed E-state index contributed by atoms with van der Waals surface area (Å²) in [4.78, 5) is 12.5. The van der Waals surface area contributed by atoms with Gasteiger partial charge in [0.1, 0.15) is 0 Å². The fourth-order valence-electron chi connectivity index (χ4n) is 4.13. The van der Waals surface area contributed by atoms with Gasteiger partial charge in [-0.05, 0) is 83.4 Å². The highest BCUT2D eigenvalue weighted by atomic mass is 79.9. The zero-order chi connectivity index (χ0) is 25.1. The summed E-state index contributed by atoms with van der Waals surface area (Å²) in [6, 6.07) is 32.4. The van der Waals surface area contributed by atoms with E-state index in [1.54, 1.807) is 6.08 Å². The van der Waals surface area contributed by atoms with E-state index >= 15 is 0 Å². The molecule has 0 saturated heterocycles. The van der Waals surface area contributed by atoms with Gasteiger partial charge in [0.15, 0.2) is 5.78 Å². The highest BCUT2D eigenvalue weighted by Gasteiger charge is 2.29. The van der Waals surface area contributed by atoms with Gasteiger partial charge in [0.25, 0.3) is 0 Å². The average molecular weight is 665 g/mol. The topological polar surface area (TPSA) is 32.7 Å². The summed E-state index contributed by atoms with van der Waals surface area (Å²) in [7, 11) is 0. The zero-order valence-corrected chi connectivity index (χ0v) is 23.9. The first kappa shape index (κ1) is 24.9. The highest BCUT2D eigenvalue weighted by Crippen LogP contribution is 2.37. The first-order chi connectivity index (χ1) is 17.5. The van der Waals surface area contributed by atoms with E-state index in [0.29, 0.717) is 5.56 Å². The van der Waals surface area contributed by atoms with E-state index in [-0.39, 0.29) is 11.8 Å². The number of benzene rings is 4. The summed E-state index contributed by atoms with van der Waals surface area (Å²) in [6.07, 6.45) is 4.27. The van der Waals surface area contributed by atoms with Crippen molar-refractivity contribution in [1.82, 2.24) is 0 Å². The third kappa shape index (κ3) is 5.77. The van der Waals surface area contributed by atoms with Gasteiger partial charge < -0.3 is 0 Å². The third-order valence-electron chi connectivity index (χ3n) is 6.06. The normalized spacial score (nSPS) is 15.4. The lowest BCUT2D eigenvalue weighted by molar-refractivity contribution is 0.104. The van der Waals surface area contributed by atoms with Crippen LogP contribution in [0.1, 0.15) is 39.5 Å². The van der Waals surface area contributed by atoms with Gasteiger partial charge in [-0.15, -0.1) is 0 Å². The molecular weight excluding hydrogens is 644 g/mol. The number of ketones is 1. The van der Waals surface area contributed by atoms with Crippen LogP contribution in [0.5, 0.6) is 0 Å². The lowest BCUT2D eigenvalue weighted by atomic mass is 9.98. The molecule has 1 atom stereocenters. The predicted molar refractivity (Wildman–Crippen MR) is 159 cm³/mol. The average Bonchev–Trinajstić information content (AvgIpc) is 3.34. The number of hydrogen-bond acceptors (Lipinski definition) is 3. The van der Waals surface area contributed by atoms with Gasteiger partial charge in [0.05, 0.1) is 17.4 Å². The molecule has 0 radical (unpaired) electrons. The second-order valence-corrected chi connectivity index (χ2v) is 11.2. The van der Waals surface area contributed by atoms with Crippen LogP contribution in [0, 0.1) is 0 Å². The largest absolute Gasteiger partial charge is 0.289 e. The maximum absolute atomic E-state index is 12.5. The standard InChI is InChI=1S/C30H21Br3N2O/c31-24-10-4-21(5-11-24)28-19-29(22-6-12-25(32)13-7-22)35(34-28)27-16-1-20(2-17-27)3-18-30(36)23-8-14-26(33)15-9-23/h1-18,29H,19H2/b18-3-. The van der Waals surface area contributed by atoms with Crippen molar-refractivity contribution in [1.29, 1.82) is 0 Å². The Morgan fingerprint density at radius 3 is 1.92 bits per heavy atom. The molecular formula is C30H21Br3N2O. The van der Waals surface area contributed by atoms with Gasteiger partial charge in [-0.2, -0.15) is 5.10 Å². The quantitative estimate of drug-likeness (QED) is 0.152. The lowest BCUT2D eigenvalue weighted by Gasteiger charge is -2.24. The minimum atomic E-state index is -0.0230. The van der Waals surface area contributed by atoms with Crippen molar-refractivity contribution < 1.29 is 4.79 Å². The third-order valence-corrected chi connectivity index (χ3v) is 7.64. The van der Waals surface area contributed by atoms with Crippen molar-refractivity contribution in [2.75, 3.05) is 5.01 Å². The van der Waals surface area contributed by atoms with E-state index in [1.165, 1.54) is 5.56 Å². The summed E-state index contributed by atoms with van der Waals surface area (Å²) in [5.74, 6) is -0.0230. The molecule has 0 aromatic heterocycles. The Labute approximate surface area is 235 Å². The Balaban J connectivity index is 1.40. The molecule has 0 saturated carbocycles. The van der Waals surface area contributed by atoms with Crippen LogP contribution in [0.25, 0.3) is 6.08 Å². The number of hydrogen-bond donors (Lipinski definition) is 0. The molecule has 1 aliphatic heterocycles. The Bertz CT molecular complexity index is 1430. The highest BCUT2D eigenvalue weighted by molar-refractivity contribution is 9.11. The zero-order valence-electron chi connectivity index (χ0n) is 19.1. The van der Waals surface area contributed by atoms with Crippen LogP contribution < -0.4 is 5.01 Å². The molecule has 0 N–H and O–H groups in total. The smallest absolute Gasteiger partial charge is 0.185 e. The van der Waals surface area contributed by atoms with E-state index in [1.807, 2.05) is 54.6 Å². The second-order valence-electron chi connectivity index (χ2n) is 8.47. The summed E-state index contributed by atoms with van der Waals surface area (Å²) in [6.45, 7) is 0. The monoisotopic (exact) mass is 662 g/mol. The number of carbonyl (C=O) groups is 1. The van der Waals surface area contributed by atoms with E-state index in [0.717, 1.165) is 42.4 Å². The number of hydrazone groups is 1. The van der Waals surface area contributed by atoms with Gasteiger partial charge in [0, 0.05) is 25.4 Å². The number of rotatable bonds is 6. The fraction of sp³-hybridized carbons (Fsp3) is 0.0667. The first-order valence-corrected chi connectivity index (χ1v) is 13.8. The minimum Gasteiger partial charge on any atom is -0.289 e. The summed E-state index contributed by atoms with van der Waals surface area (Å²) in [5.41, 5.74) is 6.01. The summed E-state index contributed by atoms with van der Waals surface area (Å²) < 4.78 is 3.06. The molecule has 0 amide bonds. The van der Waals surface area contributed by atoms with Crippen LogP contribution in [-0.2, 0) is 0 Å². The molecule has 0 fully saturated rings. The summed E-state index contributed by atoms with van der Waals surface area (Å²) >= 11 is 10.5. The van der Waals surface area contributed by atoms with Gasteiger partial charge in [-0.3, -0.25) is 9.80 Å². The molecule has 1 aliphatic rings. The maximum Gasteiger partial charge on any atom is 0.185 e. The van der Waals surface area contributed by atoms with Crippen LogP contribution >= 0.6 is 47.8 Å². The van der Waals surface area contributed by atoms with Crippen molar-refractivity contribution in [2.24, 2.45) is 5.10 Å². The Morgan fingerprint density at radius 2 is 1.31 bits per heavy atom. The molecule has 4 aromatic carbocycles. The molecule has 3 nitrogen and oxygen atoms in total. The van der Waals surface area contributed by atoms with Gasteiger partial charge in [-0.1, -0.05) is 90.3 Å². The molecule has 1 heterocycles. The van der Waals surface area contributed by atoms with E-state index in [9.17, 15) is 4.79 Å². The fourth-order valence-corrected chi connectivity index (χ4v) is 4.92. The van der Waals surface area contributed by atoms with Crippen molar-refractivity contribution in [3.05, 3.63) is 139 Å². The molecule has 4 aromatic rings. The Kier molecular flexibility index (Phi) is 7.65. The van der Waals surface area contributed by atoms with Gasteiger partial charge in [-0.25, -0.2) is 0 Å². The number of halogens is 3. The van der Waals surface area contributed by atoms with Gasteiger partial charge in [0.2, 0.25) is 0 Å². The number of nitrogens with zero attached hydrogens (tertiary/aromatic N) is 2. The molecule has 178 valence electrons. The van der Waals surface area contributed by atoms with Crippen molar-refractivity contribution in [3.63, 3.8) is 0 Å². The molecule has 0 bridgehead atoms. The van der Waals surface area contributed by atoms with Crippen LogP contribution in [0.2, 0.25) is 0 Å². The lowest BCUT2D eigenvalue weighted by Crippen LogP contribution is -2.18. The van der Waals surface area contributed by atoms with Crippen LogP contribution in [0.4, 0.5) is 5.69 Å².